The minimum atomic E-state index is -0.699. The van der Waals surface area contributed by atoms with Crippen molar-refractivity contribution in [2.24, 2.45) is 0 Å². The van der Waals surface area contributed by atoms with Crippen molar-refractivity contribution in [3.05, 3.63) is 70.3 Å². The quantitative estimate of drug-likeness (QED) is 0.404. The first-order valence-corrected chi connectivity index (χ1v) is 9.75. The maximum Gasteiger partial charge on any atom is 0.396 e. The molecule has 0 spiro atoms. The second kappa shape index (κ2) is 8.53. The molecule has 4 rings (SSSR count). The van der Waals surface area contributed by atoms with E-state index >= 15 is 0 Å². The van der Waals surface area contributed by atoms with Crippen molar-refractivity contribution in [3.63, 3.8) is 0 Å². The van der Waals surface area contributed by atoms with Crippen LogP contribution in [0.15, 0.2) is 46.9 Å². The van der Waals surface area contributed by atoms with Gasteiger partial charge in [-0.25, -0.2) is 9.48 Å². The van der Waals surface area contributed by atoms with E-state index in [0.29, 0.717) is 33.3 Å². The van der Waals surface area contributed by atoms with E-state index in [1.54, 1.807) is 47.1 Å². The van der Waals surface area contributed by atoms with Crippen molar-refractivity contribution in [2.75, 3.05) is 7.11 Å². The van der Waals surface area contributed by atoms with E-state index in [-0.39, 0.29) is 11.8 Å². The van der Waals surface area contributed by atoms with E-state index in [9.17, 15) is 4.79 Å². The Morgan fingerprint density at radius 3 is 2.56 bits per heavy atom. The van der Waals surface area contributed by atoms with Gasteiger partial charge in [0.15, 0.2) is 5.75 Å². The lowest BCUT2D eigenvalue weighted by atomic mass is 10.2. The molecular weight excluding hydrogens is 434 g/mol. The van der Waals surface area contributed by atoms with Gasteiger partial charge in [0.05, 0.1) is 29.1 Å². The van der Waals surface area contributed by atoms with Gasteiger partial charge in [0.2, 0.25) is 5.89 Å². The summed E-state index contributed by atoms with van der Waals surface area (Å²) in [5.41, 5.74) is 3.20. The monoisotopic (exact) mass is 449 g/mol. The number of aryl methyl sites for hydroxylation is 1. The number of nitriles is 1. The molecule has 2 aromatic heterocycles. The molecule has 2 heterocycles. The SMILES string of the molecule is COC(=O)c1nnc(-c2ccc(Oc3c(C)nn(-c4ccc(C#N)c(Cl)c4)c3C)cc2)o1. The van der Waals surface area contributed by atoms with Gasteiger partial charge < -0.3 is 13.9 Å². The van der Waals surface area contributed by atoms with Crippen LogP contribution in [0.25, 0.3) is 17.1 Å². The summed E-state index contributed by atoms with van der Waals surface area (Å²) in [6.45, 7) is 3.72. The average molecular weight is 450 g/mol. The molecule has 4 aromatic rings. The number of hydrogen-bond donors (Lipinski definition) is 0. The molecule has 0 aliphatic rings. The topological polar surface area (TPSA) is 116 Å². The first kappa shape index (κ1) is 21.1. The average Bonchev–Trinajstić information content (AvgIpc) is 3.40. The molecule has 0 amide bonds. The predicted octanol–water partition coefficient (Wildman–Crippen LogP) is 4.64. The number of methoxy groups -OCH3 is 1. The molecule has 9 nitrogen and oxygen atoms in total. The molecule has 32 heavy (non-hydrogen) atoms. The maximum atomic E-state index is 11.5. The van der Waals surface area contributed by atoms with Gasteiger partial charge in [-0.2, -0.15) is 10.4 Å². The molecular formula is C22H16ClN5O4. The number of ether oxygens (including phenoxy) is 2. The molecule has 0 saturated heterocycles. The van der Waals surface area contributed by atoms with E-state index in [1.165, 1.54) is 7.11 Å². The molecule has 0 N–H and O–H groups in total. The Hall–Kier alpha value is -4.16. The van der Waals surface area contributed by atoms with Crippen molar-refractivity contribution in [1.29, 1.82) is 5.26 Å². The summed E-state index contributed by atoms with van der Waals surface area (Å²) in [6.07, 6.45) is 0. The number of aromatic nitrogens is 4. The molecule has 0 unspecified atom stereocenters. The number of carbonyl (C=O) groups is 1. The summed E-state index contributed by atoms with van der Waals surface area (Å²) in [5, 5.41) is 21.5. The van der Waals surface area contributed by atoms with Crippen LogP contribution in [0, 0.1) is 25.2 Å². The highest BCUT2D eigenvalue weighted by Crippen LogP contribution is 2.32. The van der Waals surface area contributed by atoms with Crippen molar-refractivity contribution in [3.8, 4) is 34.7 Å². The fourth-order valence-corrected chi connectivity index (χ4v) is 3.26. The molecule has 0 bridgehead atoms. The fourth-order valence-electron chi connectivity index (χ4n) is 3.05. The Morgan fingerprint density at radius 2 is 1.91 bits per heavy atom. The zero-order valence-corrected chi connectivity index (χ0v) is 18.0. The van der Waals surface area contributed by atoms with Crippen LogP contribution >= 0.6 is 11.6 Å². The minimum absolute atomic E-state index is 0.190. The number of esters is 1. The summed E-state index contributed by atoms with van der Waals surface area (Å²) in [4.78, 5) is 11.5. The third-order valence-corrected chi connectivity index (χ3v) is 4.96. The van der Waals surface area contributed by atoms with Crippen molar-refractivity contribution >= 4 is 17.6 Å². The fraction of sp³-hybridized carbons (Fsp3) is 0.136. The van der Waals surface area contributed by atoms with Crippen LogP contribution in [0.3, 0.4) is 0 Å². The molecule has 0 radical (unpaired) electrons. The summed E-state index contributed by atoms with van der Waals surface area (Å²) in [5.74, 6) is 0.448. The minimum Gasteiger partial charge on any atom is -0.462 e. The first-order valence-electron chi connectivity index (χ1n) is 9.37. The van der Waals surface area contributed by atoms with Crippen LogP contribution in [0.4, 0.5) is 0 Å². The van der Waals surface area contributed by atoms with Gasteiger partial charge in [-0.05, 0) is 56.3 Å². The third-order valence-electron chi connectivity index (χ3n) is 4.65. The van der Waals surface area contributed by atoms with E-state index in [1.807, 2.05) is 19.9 Å². The lowest BCUT2D eigenvalue weighted by Crippen LogP contribution is -2.00. The van der Waals surface area contributed by atoms with Crippen LogP contribution < -0.4 is 4.74 Å². The van der Waals surface area contributed by atoms with E-state index < -0.39 is 5.97 Å². The van der Waals surface area contributed by atoms with Crippen LogP contribution in [-0.2, 0) is 4.74 Å². The molecule has 2 aromatic carbocycles. The third kappa shape index (κ3) is 3.91. The Kier molecular flexibility index (Phi) is 5.62. The lowest BCUT2D eigenvalue weighted by molar-refractivity contribution is 0.0556. The molecule has 160 valence electrons. The predicted molar refractivity (Wildman–Crippen MR) is 114 cm³/mol. The van der Waals surface area contributed by atoms with E-state index in [2.05, 4.69) is 20.0 Å². The van der Waals surface area contributed by atoms with Crippen LogP contribution in [0.5, 0.6) is 11.5 Å². The van der Waals surface area contributed by atoms with Gasteiger partial charge in [-0.1, -0.05) is 11.6 Å². The molecule has 0 fully saturated rings. The highest BCUT2D eigenvalue weighted by Gasteiger charge is 2.18. The number of benzene rings is 2. The van der Waals surface area contributed by atoms with Crippen LogP contribution in [0.2, 0.25) is 5.02 Å². The Labute approximate surface area is 187 Å². The molecule has 0 atom stereocenters. The van der Waals surface area contributed by atoms with Gasteiger partial charge in [0, 0.05) is 5.56 Å². The number of carbonyl (C=O) groups excluding carboxylic acids is 1. The van der Waals surface area contributed by atoms with Gasteiger partial charge in [-0.3, -0.25) is 0 Å². The second-order valence-corrected chi connectivity index (χ2v) is 7.13. The Bertz CT molecular complexity index is 1350. The van der Waals surface area contributed by atoms with Crippen LogP contribution in [0.1, 0.15) is 27.6 Å². The van der Waals surface area contributed by atoms with E-state index in [4.69, 9.17) is 26.0 Å². The number of hydrogen-bond acceptors (Lipinski definition) is 8. The summed E-state index contributed by atoms with van der Waals surface area (Å²) < 4.78 is 17.6. The van der Waals surface area contributed by atoms with Gasteiger partial charge in [-0.15, -0.1) is 10.2 Å². The molecule has 0 aliphatic carbocycles. The van der Waals surface area contributed by atoms with Gasteiger partial charge >= 0.3 is 11.9 Å². The van der Waals surface area contributed by atoms with Crippen molar-refractivity contribution in [2.45, 2.75) is 13.8 Å². The smallest absolute Gasteiger partial charge is 0.396 e. The number of nitrogens with zero attached hydrogens (tertiary/aromatic N) is 5. The molecule has 0 saturated carbocycles. The second-order valence-electron chi connectivity index (χ2n) is 6.72. The summed E-state index contributed by atoms with van der Waals surface area (Å²) in [6, 6.07) is 14.1. The van der Waals surface area contributed by atoms with Gasteiger partial charge in [0.1, 0.15) is 17.5 Å². The van der Waals surface area contributed by atoms with E-state index in [0.717, 1.165) is 11.4 Å². The largest absolute Gasteiger partial charge is 0.462 e. The van der Waals surface area contributed by atoms with Crippen molar-refractivity contribution < 1.29 is 18.7 Å². The van der Waals surface area contributed by atoms with Gasteiger partial charge in [0.25, 0.3) is 0 Å². The summed E-state index contributed by atoms with van der Waals surface area (Å²) in [7, 11) is 1.24. The normalized spacial score (nSPS) is 10.6. The molecule has 0 aliphatic heterocycles. The van der Waals surface area contributed by atoms with Crippen LogP contribution in [-0.4, -0.2) is 33.1 Å². The zero-order chi connectivity index (χ0) is 22.8. The van der Waals surface area contributed by atoms with Crippen molar-refractivity contribution in [1.82, 2.24) is 20.0 Å². The Morgan fingerprint density at radius 1 is 1.16 bits per heavy atom. The standard InChI is InChI=1S/C22H16ClN5O4/c1-12-19(13(2)28(27-12)16-7-4-15(11-24)18(23)10-16)31-17-8-5-14(6-9-17)20-25-26-21(32-20)22(29)30-3/h4-10H,1-3H3. The lowest BCUT2D eigenvalue weighted by Gasteiger charge is -2.08. The highest BCUT2D eigenvalue weighted by molar-refractivity contribution is 6.31. The first-order chi connectivity index (χ1) is 15.4. The molecule has 10 heteroatoms. The number of rotatable bonds is 5. The maximum absolute atomic E-state index is 11.5. The number of halogens is 1. The highest BCUT2D eigenvalue weighted by atomic mass is 35.5. The zero-order valence-electron chi connectivity index (χ0n) is 17.3. The Balaban J connectivity index is 1.57. The summed E-state index contributed by atoms with van der Waals surface area (Å²) >= 11 is 6.16.